The van der Waals surface area contributed by atoms with Gasteiger partial charge in [0.1, 0.15) is 0 Å². The fourth-order valence-corrected chi connectivity index (χ4v) is 0. The summed E-state index contributed by atoms with van der Waals surface area (Å²) in [7, 11) is 0. The summed E-state index contributed by atoms with van der Waals surface area (Å²) in [4.78, 5) is 0. The third kappa shape index (κ3) is 223. The monoisotopic (exact) mass is 89.0 g/mol. The Labute approximate surface area is 37.8 Å². The van der Waals surface area contributed by atoms with Gasteiger partial charge in [-0.1, -0.05) is 31.3 Å². The summed E-state index contributed by atoms with van der Waals surface area (Å²) in [6, 6.07) is 0. The molecule has 0 aromatic carbocycles. The van der Waals surface area contributed by atoms with Crippen LogP contribution in [0.5, 0.6) is 0 Å². The van der Waals surface area contributed by atoms with Gasteiger partial charge in [-0.05, 0) is 5.54 Å². The topological polar surface area (TPSA) is 0 Å². The Morgan fingerprint density at radius 1 is 1.60 bits per heavy atom. The SMILES string of the molecule is C=CCl.[CH]=C. The molecule has 0 aromatic rings. The van der Waals surface area contributed by atoms with Crippen LogP contribution in [0.25, 0.3) is 0 Å². The number of hydrogen-bond donors (Lipinski definition) is 0. The van der Waals surface area contributed by atoms with Crippen LogP contribution in [0.4, 0.5) is 0 Å². The lowest BCUT2D eigenvalue weighted by molar-refractivity contribution is 2.63. The second-order valence-corrected chi connectivity index (χ2v) is 0.463. The predicted molar refractivity (Wildman–Crippen MR) is 26.0 cm³/mol. The van der Waals surface area contributed by atoms with Gasteiger partial charge in [-0.2, -0.15) is 0 Å². The molecule has 0 N–H and O–H groups in total. The van der Waals surface area contributed by atoms with Crippen molar-refractivity contribution in [3.63, 3.8) is 0 Å². The summed E-state index contributed by atoms with van der Waals surface area (Å²) in [5.41, 5.74) is 1.22. The van der Waals surface area contributed by atoms with Gasteiger partial charge in [-0.25, -0.2) is 0 Å². The van der Waals surface area contributed by atoms with E-state index >= 15 is 0 Å². The summed E-state index contributed by atoms with van der Waals surface area (Å²) in [5, 5.41) is 0. The second kappa shape index (κ2) is 48.8. The van der Waals surface area contributed by atoms with Crippen molar-refractivity contribution in [1.82, 2.24) is 0 Å². The zero-order chi connectivity index (χ0) is 4.71. The molecule has 1 heteroatoms. The van der Waals surface area contributed by atoms with Gasteiger partial charge in [-0.3, -0.25) is 0 Å². The minimum absolute atomic E-state index is 1.22. The third-order valence-corrected chi connectivity index (χ3v) is 0. The molecule has 0 spiro atoms. The van der Waals surface area contributed by atoms with Crippen LogP contribution < -0.4 is 0 Å². The normalized spacial score (nSPS) is 3.40. The molecular formula is C4H6Cl. The van der Waals surface area contributed by atoms with Crippen LogP contribution in [0.3, 0.4) is 0 Å². The van der Waals surface area contributed by atoms with Crippen molar-refractivity contribution >= 4 is 11.6 Å². The maximum absolute atomic E-state index is 4.76. The van der Waals surface area contributed by atoms with Crippen LogP contribution in [0.2, 0.25) is 0 Å². The molecule has 0 aliphatic rings. The predicted octanol–water partition coefficient (Wildman–Crippen LogP) is 1.97. The first-order chi connectivity index (χ1) is 2.41. The van der Waals surface area contributed by atoms with Gasteiger partial charge in [0.2, 0.25) is 0 Å². The minimum Gasteiger partial charge on any atom is -0.0991 e. The fraction of sp³-hybridized carbons (Fsp3) is 0. The first-order valence-corrected chi connectivity index (χ1v) is 1.47. The summed E-state index contributed by atoms with van der Waals surface area (Å²) in [6.45, 7) is 10.1. The number of halogens is 1. The lowest BCUT2D eigenvalue weighted by Gasteiger charge is -1.27. The average molecular weight is 89.5 g/mol. The van der Waals surface area contributed by atoms with E-state index in [1.807, 2.05) is 0 Å². The average Bonchev–Trinajstić information content (AvgIpc) is 1.46. The molecule has 0 saturated carbocycles. The molecule has 29 valence electrons. The Morgan fingerprint density at radius 3 is 1.60 bits per heavy atom. The highest BCUT2D eigenvalue weighted by molar-refractivity contribution is 6.25. The molecule has 0 atom stereocenters. The van der Waals surface area contributed by atoms with E-state index in [0.717, 1.165) is 0 Å². The Bertz CT molecular complexity index is 17.6. The molecule has 0 aliphatic carbocycles. The van der Waals surface area contributed by atoms with Crippen molar-refractivity contribution in [1.29, 1.82) is 0 Å². The van der Waals surface area contributed by atoms with Crippen LogP contribution in [0, 0.1) is 6.58 Å². The third-order valence-electron chi connectivity index (χ3n) is 0. The Hall–Kier alpha value is -0.230. The summed E-state index contributed by atoms with van der Waals surface area (Å²) in [5.74, 6) is 0. The van der Waals surface area contributed by atoms with Crippen molar-refractivity contribution in [2.24, 2.45) is 0 Å². The Balaban J connectivity index is 0. The van der Waals surface area contributed by atoms with E-state index in [2.05, 4.69) is 19.7 Å². The maximum Gasteiger partial charge on any atom is -0.00296 e. The summed E-state index contributed by atoms with van der Waals surface area (Å²) in [6.07, 6.45) is 0. The second-order valence-electron chi connectivity index (χ2n) is 0.154. The zero-order valence-corrected chi connectivity index (χ0v) is 3.70. The molecule has 0 bridgehead atoms. The summed E-state index contributed by atoms with van der Waals surface area (Å²) < 4.78 is 0. The van der Waals surface area contributed by atoms with Gasteiger partial charge in [0.05, 0.1) is 0 Å². The molecule has 0 rings (SSSR count). The Kier molecular flexibility index (Phi) is 86.2. The fourth-order valence-electron chi connectivity index (χ4n) is 0. The van der Waals surface area contributed by atoms with E-state index < -0.39 is 0 Å². The van der Waals surface area contributed by atoms with E-state index in [1.165, 1.54) is 5.54 Å². The van der Waals surface area contributed by atoms with Crippen LogP contribution in [0.1, 0.15) is 0 Å². The molecule has 0 aromatic heterocycles. The van der Waals surface area contributed by atoms with E-state index in [9.17, 15) is 0 Å². The zero-order valence-electron chi connectivity index (χ0n) is 2.95. The van der Waals surface area contributed by atoms with Gasteiger partial charge in [0.15, 0.2) is 0 Å². The molecule has 0 fully saturated rings. The molecule has 0 aliphatic heterocycles. The van der Waals surface area contributed by atoms with Gasteiger partial charge in [0.25, 0.3) is 0 Å². The first kappa shape index (κ1) is 8.84. The number of rotatable bonds is 0. The molecule has 0 amide bonds. The van der Waals surface area contributed by atoms with Crippen LogP contribution in [0.15, 0.2) is 18.7 Å². The van der Waals surface area contributed by atoms with Crippen molar-refractivity contribution in [3.8, 4) is 0 Å². The first-order valence-electron chi connectivity index (χ1n) is 1.03. The molecule has 0 heterocycles. The van der Waals surface area contributed by atoms with E-state index in [-0.39, 0.29) is 0 Å². The van der Waals surface area contributed by atoms with Gasteiger partial charge in [0, 0.05) is 0 Å². The van der Waals surface area contributed by atoms with E-state index in [0.29, 0.717) is 0 Å². The van der Waals surface area contributed by atoms with Crippen LogP contribution >= 0.6 is 11.6 Å². The standard InChI is InChI=1S/C2H3Cl.C2H3/c1-2-3;1-2/h2H,1H2;1H,2H2. The van der Waals surface area contributed by atoms with Crippen molar-refractivity contribution < 1.29 is 0 Å². The lowest BCUT2D eigenvalue weighted by atomic mass is 11.3. The molecular weight excluding hydrogens is 83.5 g/mol. The quantitative estimate of drug-likeness (QED) is 0.426. The van der Waals surface area contributed by atoms with Crippen molar-refractivity contribution in [2.45, 2.75) is 0 Å². The Morgan fingerprint density at radius 2 is 1.60 bits per heavy atom. The molecule has 0 saturated heterocycles. The highest BCUT2D eigenvalue weighted by Gasteiger charge is 1.18. The molecule has 1 radical (unpaired) electrons. The number of hydrogen-bond acceptors (Lipinski definition) is 0. The minimum atomic E-state index is 1.22. The largest absolute Gasteiger partial charge is 0.0991 e. The summed E-state index contributed by atoms with van der Waals surface area (Å²) >= 11 is 4.76. The van der Waals surface area contributed by atoms with Gasteiger partial charge in [-0.15, -0.1) is 0 Å². The molecule has 0 nitrogen and oxygen atoms in total. The smallest absolute Gasteiger partial charge is 0.00296 e. The lowest BCUT2D eigenvalue weighted by Crippen LogP contribution is -0.926. The highest BCUT2D eigenvalue weighted by Crippen LogP contribution is 1.60. The molecule has 0 unspecified atom stereocenters. The maximum atomic E-state index is 4.76. The van der Waals surface area contributed by atoms with Gasteiger partial charge >= 0.3 is 0 Å². The van der Waals surface area contributed by atoms with Crippen molar-refractivity contribution in [2.75, 3.05) is 0 Å². The van der Waals surface area contributed by atoms with E-state index in [4.69, 9.17) is 11.6 Å². The van der Waals surface area contributed by atoms with Crippen molar-refractivity contribution in [3.05, 3.63) is 25.3 Å². The highest BCUT2D eigenvalue weighted by atomic mass is 35.5. The van der Waals surface area contributed by atoms with Crippen LogP contribution in [-0.4, -0.2) is 0 Å². The van der Waals surface area contributed by atoms with Crippen LogP contribution in [-0.2, 0) is 0 Å². The van der Waals surface area contributed by atoms with Gasteiger partial charge < -0.3 is 0 Å². The molecule has 5 heavy (non-hydrogen) atoms. The van der Waals surface area contributed by atoms with E-state index in [1.54, 1.807) is 0 Å².